The van der Waals surface area contributed by atoms with E-state index in [0.717, 1.165) is 10.8 Å². The van der Waals surface area contributed by atoms with Crippen molar-refractivity contribution >= 4 is 22.4 Å². The molecule has 4 nitrogen and oxygen atoms in total. The van der Waals surface area contributed by atoms with Crippen LogP contribution < -0.4 is 14.8 Å². The van der Waals surface area contributed by atoms with Crippen LogP contribution in [0.15, 0.2) is 66.7 Å². The van der Waals surface area contributed by atoms with Crippen molar-refractivity contribution in [3.8, 4) is 11.5 Å². The van der Waals surface area contributed by atoms with Crippen LogP contribution in [0.5, 0.6) is 11.5 Å². The average Bonchev–Trinajstić information content (AvgIpc) is 2.62. The lowest BCUT2D eigenvalue weighted by Gasteiger charge is -2.18. The third-order valence-electron chi connectivity index (χ3n) is 3.91. The first-order chi connectivity index (χ1) is 12.5. The Labute approximate surface area is 153 Å². The molecule has 0 saturated heterocycles. The topological polar surface area (TPSA) is 47.6 Å². The van der Waals surface area contributed by atoms with E-state index in [-0.39, 0.29) is 12.0 Å². The lowest BCUT2D eigenvalue weighted by atomic mass is 10.1. The van der Waals surface area contributed by atoms with Crippen molar-refractivity contribution in [2.75, 3.05) is 5.32 Å². The number of carbonyl (C=O) groups excluding carboxylic acids is 1. The maximum atomic E-state index is 12.5. The molecule has 0 aliphatic heterocycles. The van der Waals surface area contributed by atoms with E-state index >= 15 is 0 Å². The van der Waals surface area contributed by atoms with Gasteiger partial charge < -0.3 is 14.8 Å². The van der Waals surface area contributed by atoms with Crippen molar-refractivity contribution in [1.82, 2.24) is 0 Å². The second-order valence-electron chi connectivity index (χ2n) is 6.42. The minimum Gasteiger partial charge on any atom is -0.489 e. The van der Waals surface area contributed by atoms with E-state index in [2.05, 4.69) is 5.32 Å². The monoisotopic (exact) mass is 349 g/mol. The Hall–Kier alpha value is -3.01. The maximum Gasteiger partial charge on any atom is 0.265 e. The Morgan fingerprint density at radius 2 is 1.54 bits per heavy atom. The lowest BCUT2D eigenvalue weighted by Crippen LogP contribution is -2.30. The minimum atomic E-state index is -0.636. The molecule has 0 bridgehead atoms. The van der Waals surface area contributed by atoms with E-state index in [1.165, 1.54) is 0 Å². The number of hydrogen-bond acceptors (Lipinski definition) is 3. The molecule has 0 spiro atoms. The summed E-state index contributed by atoms with van der Waals surface area (Å²) in [5, 5.41) is 5.10. The van der Waals surface area contributed by atoms with Gasteiger partial charge in [0.15, 0.2) is 6.10 Å². The number of hydrogen-bond donors (Lipinski definition) is 1. The summed E-state index contributed by atoms with van der Waals surface area (Å²) < 4.78 is 11.6. The molecule has 4 heteroatoms. The number of benzene rings is 3. The van der Waals surface area contributed by atoms with Crippen molar-refractivity contribution in [3.63, 3.8) is 0 Å². The normalized spacial score (nSPS) is 12.0. The number of carbonyl (C=O) groups is 1. The lowest BCUT2D eigenvalue weighted by molar-refractivity contribution is -0.122. The average molecular weight is 349 g/mol. The van der Waals surface area contributed by atoms with Crippen LogP contribution in [0.25, 0.3) is 10.8 Å². The molecule has 1 unspecified atom stereocenters. The third kappa shape index (κ3) is 4.33. The molecule has 1 atom stereocenters. The van der Waals surface area contributed by atoms with Crippen molar-refractivity contribution in [2.45, 2.75) is 33.0 Å². The minimum absolute atomic E-state index is 0.0272. The number of rotatable bonds is 6. The molecule has 1 amide bonds. The highest BCUT2D eigenvalue weighted by molar-refractivity contribution is 5.95. The highest BCUT2D eigenvalue weighted by Crippen LogP contribution is 2.26. The van der Waals surface area contributed by atoms with Gasteiger partial charge in [0.05, 0.1) is 11.8 Å². The highest BCUT2D eigenvalue weighted by atomic mass is 16.5. The number of anilines is 1. The van der Waals surface area contributed by atoms with Gasteiger partial charge in [-0.3, -0.25) is 4.79 Å². The van der Waals surface area contributed by atoms with Crippen molar-refractivity contribution < 1.29 is 14.3 Å². The van der Waals surface area contributed by atoms with E-state index in [0.29, 0.717) is 17.2 Å². The van der Waals surface area contributed by atoms with E-state index in [1.807, 2.05) is 80.6 Å². The number of nitrogens with one attached hydrogen (secondary N) is 1. The molecule has 0 aliphatic carbocycles. The van der Waals surface area contributed by atoms with Gasteiger partial charge in [0.2, 0.25) is 0 Å². The largest absolute Gasteiger partial charge is 0.489 e. The summed E-state index contributed by atoms with van der Waals surface area (Å²) in [5.74, 6) is 1.09. The molecule has 26 heavy (non-hydrogen) atoms. The highest BCUT2D eigenvalue weighted by Gasteiger charge is 2.17. The first-order valence-electron chi connectivity index (χ1n) is 8.75. The summed E-state index contributed by atoms with van der Waals surface area (Å²) >= 11 is 0. The van der Waals surface area contributed by atoms with E-state index < -0.39 is 6.10 Å². The first-order valence-corrected chi connectivity index (χ1v) is 8.75. The summed E-state index contributed by atoms with van der Waals surface area (Å²) in [5.41, 5.74) is 0.639. The van der Waals surface area contributed by atoms with Gasteiger partial charge in [-0.05, 0) is 55.8 Å². The molecular weight excluding hydrogens is 326 g/mol. The predicted molar refractivity (Wildman–Crippen MR) is 105 cm³/mol. The van der Waals surface area contributed by atoms with Gasteiger partial charge in [0, 0.05) is 0 Å². The van der Waals surface area contributed by atoms with Gasteiger partial charge in [0.1, 0.15) is 11.5 Å². The number of amides is 1. The van der Waals surface area contributed by atoms with Crippen molar-refractivity contribution in [1.29, 1.82) is 0 Å². The molecule has 0 fully saturated rings. The fourth-order valence-corrected chi connectivity index (χ4v) is 2.66. The Balaban J connectivity index is 1.69. The van der Waals surface area contributed by atoms with Gasteiger partial charge in [-0.15, -0.1) is 0 Å². The molecular formula is C22H23NO3. The molecule has 134 valence electrons. The zero-order valence-corrected chi connectivity index (χ0v) is 15.2. The molecule has 0 aromatic heterocycles. The summed E-state index contributed by atoms with van der Waals surface area (Å²) in [7, 11) is 0. The Morgan fingerprint density at radius 3 is 2.31 bits per heavy atom. The Bertz CT molecular complexity index is 905. The fourth-order valence-electron chi connectivity index (χ4n) is 2.66. The first kappa shape index (κ1) is 17.8. The van der Waals surface area contributed by atoms with Crippen LogP contribution in [-0.2, 0) is 4.79 Å². The molecule has 0 saturated carbocycles. The predicted octanol–water partition coefficient (Wildman–Crippen LogP) is 5.03. The van der Waals surface area contributed by atoms with Gasteiger partial charge in [-0.25, -0.2) is 0 Å². The van der Waals surface area contributed by atoms with E-state index in [9.17, 15) is 4.79 Å². The SMILES string of the molecule is CC(C)Oc1ccccc1NC(=O)C(C)Oc1ccc2ccccc2c1. The summed E-state index contributed by atoms with van der Waals surface area (Å²) in [6.07, 6.45) is -0.609. The molecule has 1 N–H and O–H groups in total. The summed E-state index contributed by atoms with van der Waals surface area (Å²) in [6, 6.07) is 21.2. The van der Waals surface area contributed by atoms with Crippen molar-refractivity contribution in [2.24, 2.45) is 0 Å². The van der Waals surface area contributed by atoms with Crippen LogP contribution in [-0.4, -0.2) is 18.1 Å². The zero-order chi connectivity index (χ0) is 18.5. The quantitative estimate of drug-likeness (QED) is 0.679. The van der Waals surface area contributed by atoms with Crippen LogP contribution in [0, 0.1) is 0 Å². The van der Waals surface area contributed by atoms with Crippen LogP contribution in [0.3, 0.4) is 0 Å². The Kier molecular flexibility index (Phi) is 5.42. The van der Waals surface area contributed by atoms with Gasteiger partial charge in [0.25, 0.3) is 5.91 Å². The second kappa shape index (κ2) is 7.91. The van der Waals surface area contributed by atoms with Crippen molar-refractivity contribution in [3.05, 3.63) is 66.7 Å². The van der Waals surface area contributed by atoms with Gasteiger partial charge in [-0.1, -0.05) is 42.5 Å². The standard InChI is InChI=1S/C22H23NO3/c1-15(2)25-21-11-7-6-10-20(21)23-22(24)16(3)26-19-13-12-17-8-4-5-9-18(17)14-19/h4-16H,1-3H3,(H,23,24). The number of para-hydroxylation sites is 2. The summed E-state index contributed by atoms with van der Waals surface area (Å²) in [6.45, 7) is 5.63. The fraction of sp³-hybridized carbons (Fsp3) is 0.227. The van der Waals surface area contributed by atoms with Crippen LogP contribution in [0.4, 0.5) is 5.69 Å². The maximum absolute atomic E-state index is 12.5. The smallest absolute Gasteiger partial charge is 0.265 e. The summed E-state index contributed by atoms with van der Waals surface area (Å²) in [4.78, 5) is 12.5. The van der Waals surface area contributed by atoms with Gasteiger partial charge >= 0.3 is 0 Å². The molecule has 3 aromatic rings. The molecule has 3 aromatic carbocycles. The second-order valence-corrected chi connectivity index (χ2v) is 6.42. The molecule has 3 rings (SSSR count). The van der Waals surface area contributed by atoms with E-state index in [1.54, 1.807) is 6.92 Å². The number of ether oxygens (including phenoxy) is 2. The molecule has 0 radical (unpaired) electrons. The third-order valence-corrected chi connectivity index (χ3v) is 3.91. The van der Waals surface area contributed by atoms with Crippen LogP contribution in [0.1, 0.15) is 20.8 Å². The van der Waals surface area contributed by atoms with Crippen LogP contribution in [0.2, 0.25) is 0 Å². The van der Waals surface area contributed by atoms with E-state index in [4.69, 9.17) is 9.47 Å². The number of fused-ring (bicyclic) bond motifs is 1. The molecule has 0 heterocycles. The molecule has 0 aliphatic rings. The zero-order valence-electron chi connectivity index (χ0n) is 15.2. The van der Waals surface area contributed by atoms with Gasteiger partial charge in [-0.2, -0.15) is 0 Å². The Morgan fingerprint density at radius 1 is 0.846 bits per heavy atom. The van der Waals surface area contributed by atoms with Crippen LogP contribution >= 0.6 is 0 Å².